The molecule has 0 rings (SSSR count). The Morgan fingerprint density at radius 2 is 1.93 bits per heavy atom. The van der Waals surface area contributed by atoms with Gasteiger partial charge in [0.2, 0.25) is 5.91 Å². The molecule has 3 N–H and O–H groups in total. The van der Waals surface area contributed by atoms with Crippen molar-refractivity contribution in [3.63, 3.8) is 0 Å². The van der Waals surface area contributed by atoms with E-state index in [2.05, 4.69) is 5.32 Å². The van der Waals surface area contributed by atoms with Gasteiger partial charge < -0.3 is 11.1 Å². The third kappa shape index (κ3) is 5.08. The number of hydrogen-bond donors (Lipinski definition) is 2. The summed E-state index contributed by atoms with van der Waals surface area (Å²) >= 11 is 4.73. The van der Waals surface area contributed by atoms with Gasteiger partial charge in [0.15, 0.2) is 0 Å². The first kappa shape index (κ1) is 14.3. The number of rotatable bonds is 5. The molecule has 0 saturated carbocycles. The molecule has 0 aromatic carbocycles. The molecule has 0 atom stereocenters. The summed E-state index contributed by atoms with van der Waals surface area (Å²) in [6, 6.07) is 0. The first-order valence-corrected chi connectivity index (χ1v) is 6.80. The zero-order valence-corrected chi connectivity index (χ0v) is 10.7. The van der Waals surface area contributed by atoms with E-state index in [0.29, 0.717) is 0 Å². The van der Waals surface area contributed by atoms with Crippen molar-refractivity contribution >= 4 is 33.0 Å². The Morgan fingerprint density at radius 3 is 2.27 bits per heavy atom. The van der Waals surface area contributed by atoms with Crippen LogP contribution in [0.4, 0.5) is 0 Å². The van der Waals surface area contributed by atoms with E-state index in [-0.39, 0.29) is 23.2 Å². The lowest BCUT2D eigenvalue weighted by atomic mass is 9.92. The van der Waals surface area contributed by atoms with Gasteiger partial charge >= 0.3 is 0 Å². The lowest BCUT2D eigenvalue weighted by Crippen LogP contribution is -2.45. The van der Waals surface area contributed by atoms with Gasteiger partial charge in [-0.25, -0.2) is 8.42 Å². The molecule has 7 heteroatoms. The number of nitrogens with one attached hydrogen (secondary N) is 1. The normalized spacial score (nSPS) is 12.2. The molecule has 0 unspecified atom stereocenters. The predicted octanol–water partition coefficient (Wildman–Crippen LogP) is -0.540. The second kappa shape index (κ2) is 4.89. The molecule has 5 nitrogen and oxygen atoms in total. The first-order chi connectivity index (χ1) is 6.57. The molecule has 0 aromatic rings. The van der Waals surface area contributed by atoms with Gasteiger partial charge in [-0.3, -0.25) is 4.79 Å². The maximum Gasteiger partial charge on any atom is 0.232 e. The minimum Gasteiger partial charge on any atom is -0.392 e. The number of thiocarbonyl (C=S) groups is 1. The van der Waals surface area contributed by atoms with Crippen molar-refractivity contribution in [1.82, 2.24) is 5.32 Å². The molecule has 0 bridgehead atoms. The second-order valence-corrected chi connectivity index (χ2v) is 6.57. The molecular formula is C8H16N2O3S2. The fourth-order valence-electron chi connectivity index (χ4n) is 0.683. The van der Waals surface area contributed by atoms with Crippen LogP contribution in [0.5, 0.6) is 0 Å². The Balaban J connectivity index is 4.23. The third-order valence-corrected chi connectivity index (χ3v) is 3.40. The monoisotopic (exact) mass is 252 g/mol. The summed E-state index contributed by atoms with van der Waals surface area (Å²) in [5.41, 5.74) is 4.43. The predicted molar refractivity (Wildman–Crippen MR) is 63.3 cm³/mol. The third-order valence-electron chi connectivity index (χ3n) is 1.94. The van der Waals surface area contributed by atoms with E-state index in [9.17, 15) is 13.2 Å². The number of hydrogen-bond acceptors (Lipinski definition) is 4. The van der Waals surface area contributed by atoms with Crippen molar-refractivity contribution in [3.8, 4) is 0 Å². The van der Waals surface area contributed by atoms with E-state index in [0.717, 1.165) is 6.26 Å². The number of carbonyl (C=O) groups excluding carboxylic acids is 1. The van der Waals surface area contributed by atoms with E-state index in [1.165, 1.54) is 0 Å². The van der Waals surface area contributed by atoms with E-state index >= 15 is 0 Å². The molecule has 0 aliphatic heterocycles. The van der Waals surface area contributed by atoms with Gasteiger partial charge in [-0.2, -0.15) is 0 Å². The van der Waals surface area contributed by atoms with Gasteiger partial charge in [0.25, 0.3) is 0 Å². The highest BCUT2D eigenvalue weighted by Crippen LogP contribution is 2.14. The van der Waals surface area contributed by atoms with Crippen LogP contribution in [0.1, 0.15) is 13.8 Å². The van der Waals surface area contributed by atoms with Gasteiger partial charge in [0.1, 0.15) is 9.84 Å². The second-order valence-electron chi connectivity index (χ2n) is 3.88. The van der Waals surface area contributed by atoms with Crippen LogP contribution < -0.4 is 11.1 Å². The van der Waals surface area contributed by atoms with Gasteiger partial charge in [-0.1, -0.05) is 12.2 Å². The summed E-state index contributed by atoms with van der Waals surface area (Å²) in [7, 11) is -3.06. The molecule has 0 aliphatic rings. The lowest BCUT2D eigenvalue weighted by Gasteiger charge is -2.21. The van der Waals surface area contributed by atoms with Gasteiger partial charge in [0, 0.05) is 12.8 Å². The standard InChI is InChI=1S/C8H16N2O3S2/c1-8(2,6(9)14)7(11)10-4-5-15(3,12)13/h4-5H2,1-3H3,(H2,9,14)(H,10,11). The minimum absolute atomic E-state index is 0.0731. The maximum absolute atomic E-state index is 11.5. The smallest absolute Gasteiger partial charge is 0.232 e. The molecule has 0 heterocycles. The number of nitrogens with two attached hydrogens (primary N) is 1. The van der Waals surface area contributed by atoms with Crippen LogP contribution in [0, 0.1) is 5.41 Å². The Kier molecular flexibility index (Phi) is 4.66. The highest BCUT2D eigenvalue weighted by atomic mass is 32.2. The summed E-state index contributed by atoms with van der Waals surface area (Å²) < 4.78 is 21.6. The first-order valence-electron chi connectivity index (χ1n) is 4.33. The van der Waals surface area contributed by atoms with E-state index in [4.69, 9.17) is 18.0 Å². The molecule has 0 aliphatic carbocycles. The van der Waals surface area contributed by atoms with Crippen LogP contribution in [-0.4, -0.2) is 37.9 Å². The summed E-state index contributed by atoms with van der Waals surface area (Å²) in [4.78, 5) is 11.6. The fourth-order valence-corrected chi connectivity index (χ4v) is 1.25. The summed E-state index contributed by atoms with van der Waals surface area (Å²) in [6.07, 6.45) is 1.11. The molecule has 0 fully saturated rings. The Morgan fingerprint density at radius 1 is 1.47 bits per heavy atom. The molecule has 88 valence electrons. The molecular weight excluding hydrogens is 236 g/mol. The average Bonchev–Trinajstić information content (AvgIpc) is 2.01. The molecule has 0 saturated heterocycles. The van der Waals surface area contributed by atoms with Crippen molar-refractivity contribution < 1.29 is 13.2 Å². The van der Waals surface area contributed by atoms with Crippen LogP contribution in [0.25, 0.3) is 0 Å². The van der Waals surface area contributed by atoms with Crippen LogP contribution in [-0.2, 0) is 14.6 Å². The van der Waals surface area contributed by atoms with Crippen LogP contribution in [0.2, 0.25) is 0 Å². The molecule has 15 heavy (non-hydrogen) atoms. The average molecular weight is 252 g/mol. The van der Waals surface area contributed by atoms with E-state index < -0.39 is 15.3 Å². The quantitative estimate of drug-likeness (QED) is 0.641. The summed E-state index contributed by atoms with van der Waals surface area (Å²) in [6.45, 7) is 3.25. The highest BCUT2D eigenvalue weighted by molar-refractivity contribution is 7.90. The van der Waals surface area contributed by atoms with Crippen molar-refractivity contribution in [2.75, 3.05) is 18.6 Å². The van der Waals surface area contributed by atoms with E-state index in [1.54, 1.807) is 13.8 Å². The number of amides is 1. The van der Waals surface area contributed by atoms with Crippen molar-refractivity contribution in [2.45, 2.75) is 13.8 Å². The van der Waals surface area contributed by atoms with Gasteiger partial charge in [0.05, 0.1) is 16.2 Å². The largest absolute Gasteiger partial charge is 0.392 e. The van der Waals surface area contributed by atoms with Crippen LogP contribution in [0.3, 0.4) is 0 Å². The zero-order valence-electron chi connectivity index (χ0n) is 9.03. The topological polar surface area (TPSA) is 89.3 Å². The van der Waals surface area contributed by atoms with Crippen LogP contribution >= 0.6 is 12.2 Å². The molecule has 1 amide bonds. The van der Waals surface area contributed by atoms with Crippen molar-refractivity contribution in [1.29, 1.82) is 0 Å². The minimum atomic E-state index is -3.06. The Hall–Kier alpha value is -0.690. The fraction of sp³-hybridized carbons (Fsp3) is 0.750. The summed E-state index contributed by atoms with van der Waals surface area (Å²) in [5.74, 6) is -0.453. The lowest BCUT2D eigenvalue weighted by molar-refractivity contribution is -0.126. The van der Waals surface area contributed by atoms with Crippen molar-refractivity contribution in [2.24, 2.45) is 11.1 Å². The number of sulfone groups is 1. The van der Waals surface area contributed by atoms with E-state index in [1.807, 2.05) is 0 Å². The molecule has 0 spiro atoms. The highest BCUT2D eigenvalue weighted by Gasteiger charge is 2.30. The zero-order chi connectivity index (χ0) is 12.3. The van der Waals surface area contributed by atoms with Crippen molar-refractivity contribution in [3.05, 3.63) is 0 Å². The maximum atomic E-state index is 11.5. The summed E-state index contributed by atoms with van der Waals surface area (Å²) in [5, 5.41) is 2.48. The Labute approximate surface area is 95.3 Å². The molecule has 0 radical (unpaired) electrons. The number of carbonyl (C=O) groups is 1. The SMILES string of the molecule is CC(C)(C(=O)NCCS(C)(=O)=O)C(N)=S. The van der Waals surface area contributed by atoms with Crippen LogP contribution in [0.15, 0.2) is 0 Å². The molecule has 0 aromatic heterocycles. The van der Waals surface area contributed by atoms with Gasteiger partial charge in [-0.15, -0.1) is 0 Å². The van der Waals surface area contributed by atoms with Gasteiger partial charge in [-0.05, 0) is 13.8 Å². The Bertz CT molecular complexity index is 360.